The molecule has 1 fully saturated rings. The Labute approximate surface area is 254 Å². The van der Waals surface area contributed by atoms with E-state index in [4.69, 9.17) is 14.2 Å². The molecule has 3 aromatic carbocycles. The molecular weight excluding hydrogens is 588 g/mol. The number of carboxylic acid groups (broad SMARTS) is 1. The van der Waals surface area contributed by atoms with E-state index in [1.807, 2.05) is 48.5 Å². The third-order valence-electron chi connectivity index (χ3n) is 7.34. The van der Waals surface area contributed by atoms with Gasteiger partial charge in [0.15, 0.2) is 0 Å². The van der Waals surface area contributed by atoms with Gasteiger partial charge in [0.25, 0.3) is 6.01 Å². The van der Waals surface area contributed by atoms with Gasteiger partial charge in [-0.05, 0) is 41.3 Å². The van der Waals surface area contributed by atoms with Crippen LogP contribution in [0.1, 0.15) is 22.8 Å². The number of carbonyl (C=O) groups is 2. The summed E-state index contributed by atoms with van der Waals surface area (Å²) in [7, 11) is 0. The highest BCUT2D eigenvalue weighted by molar-refractivity contribution is 6.02. The van der Waals surface area contributed by atoms with Crippen molar-refractivity contribution in [2.75, 3.05) is 6.61 Å². The van der Waals surface area contributed by atoms with Gasteiger partial charge in [0, 0.05) is 5.82 Å². The number of imidazole rings is 1. The first kappa shape index (κ1) is 29.8. The lowest BCUT2D eigenvalue weighted by Gasteiger charge is -2.40. The Morgan fingerprint density at radius 3 is 2.42 bits per heavy atom. The normalized spacial score (nSPS) is 21.5. The van der Waals surface area contributed by atoms with Gasteiger partial charge in [-0.3, -0.25) is 14.9 Å². The van der Waals surface area contributed by atoms with E-state index in [2.05, 4.69) is 25.6 Å². The molecule has 3 N–H and O–H groups in total. The van der Waals surface area contributed by atoms with Gasteiger partial charge in [-0.1, -0.05) is 54.6 Å². The zero-order valence-electron chi connectivity index (χ0n) is 23.6. The Bertz CT molecular complexity index is 1830. The van der Waals surface area contributed by atoms with Crippen molar-refractivity contribution in [1.29, 1.82) is 0 Å². The monoisotopic (exact) mass is 614 g/mol. The largest absolute Gasteiger partial charge is 0.547 e. The van der Waals surface area contributed by atoms with Gasteiger partial charge in [-0.25, -0.2) is 4.79 Å². The molecule has 3 heterocycles. The second-order valence-corrected chi connectivity index (χ2v) is 10.2. The number of carbonyl (C=O) groups excluding carboxylic acids is 2. The van der Waals surface area contributed by atoms with Crippen LogP contribution in [0.3, 0.4) is 0 Å². The first-order valence-electron chi connectivity index (χ1n) is 13.9. The number of benzene rings is 3. The van der Waals surface area contributed by atoms with Crippen molar-refractivity contribution >= 4 is 23.0 Å². The standard InChI is InChI=1S/C30H28N6O9/c1-2-43-30-31-20-9-5-8-19(28(42)45-29-24(39)22(37)23(38)25(44-29)27(40)41)21(20)36(30)14-15-10-12-16(13-11-15)17-6-3-4-7-18(17)26-32-34-35-33-26/h3-13,22-25,29,37-39H,2,14H2,1H3,(H2,32,33,34,35,40,41)/p-2/t22-,23-,24+,25-,29-/m0/s1. The predicted molar refractivity (Wildman–Crippen MR) is 151 cm³/mol. The van der Waals surface area contributed by atoms with E-state index in [1.54, 1.807) is 23.6 Å². The van der Waals surface area contributed by atoms with Crippen molar-refractivity contribution in [2.45, 2.75) is 44.2 Å². The molecule has 0 saturated carbocycles. The molecule has 5 atom stereocenters. The fourth-order valence-electron chi connectivity index (χ4n) is 5.18. The van der Waals surface area contributed by atoms with Gasteiger partial charge in [0.1, 0.15) is 24.4 Å². The molecule has 0 spiro atoms. The number of aliphatic hydroxyl groups is 3. The minimum absolute atomic E-state index is 0.00910. The number of esters is 1. The number of fused-ring (bicyclic) bond motifs is 1. The van der Waals surface area contributed by atoms with Gasteiger partial charge in [-0.2, -0.15) is 10.2 Å². The van der Waals surface area contributed by atoms with Crippen LogP contribution in [0.4, 0.5) is 0 Å². The van der Waals surface area contributed by atoms with E-state index in [0.717, 1.165) is 22.3 Å². The maximum atomic E-state index is 13.4. The molecule has 2 aromatic heterocycles. The average Bonchev–Trinajstić information content (AvgIpc) is 3.70. The number of aliphatic carboxylic acids is 1. The Hall–Kier alpha value is -5.22. The van der Waals surface area contributed by atoms with Crippen molar-refractivity contribution in [1.82, 2.24) is 30.2 Å². The number of aromatic nitrogens is 6. The van der Waals surface area contributed by atoms with Gasteiger partial charge < -0.3 is 44.5 Å². The Balaban J connectivity index is 1.31. The van der Waals surface area contributed by atoms with E-state index in [1.165, 1.54) is 6.07 Å². The highest BCUT2D eigenvalue weighted by Gasteiger charge is 2.46. The molecule has 0 bridgehead atoms. The molecular formula is C30H26N6O9-2. The molecule has 1 aliphatic heterocycles. The first-order chi connectivity index (χ1) is 21.8. The van der Waals surface area contributed by atoms with Crippen LogP contribution >= 0.6 is 0 Å². The minimum Gasteiger partial charge on any atom is -0.547 e. The molecule has 232 valence electrons. The first-order valence-corrected chi connectivity index (χ1v) is 13.9. The Kier molecular flexibility index (Phi) is 8.23. The van der Waals surface area contributed by atoms with Crippen LogP contribution in [0, 0.1) is 0 Å². The number of ether oxygens (including phenoxy) is 3. The lowest BCUT2D eigenvalue weighted by Crippen LogP contribution is -2.62. The minimum atomic E-state index is -2.03. The number of para-hydroxylation sites is 1. The fourth-order valence-corrected chi connectivity index (χ4v) is 5.18. The van der Waals surface area contributed by atoms with Crippen LogP contribution in [0.15, 0.2) is 66.7 Å². The SMILES string of the molecule is CCOc1nc2cccc(C(=O)O[C@@H]3O[C@H](C(=O)[O-])[C@@H](O)[C@H](O)[C@H]3O)c2n1Cc1ccc(-c2ccccc2-c2nnn[n-]2)cc1. The number of tetrazole rings is 1. The van der Waals surface area contributed by atoms with E-state index >= 15 is 0 Å². The lowest BCUT2D eigenvalue weighted by molar-refractivity contribution is -0.344. The summed E-state index contributed by atoms with van der Waals surface area (Å²) in [5.74, 6) is -2.44. The third kappa shape index (κ3) is 5.72. The Morgan fingerprint density at radius 1 is 0.978 bits per heavy atom. The maximum Gasteiger partial charge on any atom is 0.342 e. The number of hydrogen-bond donors (Lipinski definition) is 3. The van der Waals surface area contributed by atoms with Crippen molar-refractivity contribution in [3.05, 3.63) is 77.9 Å². The fraction of sp³-hybridized carbons (Fsp3) is 0.267. The highest BCUT2D eigenvalue weighted by atomic mass is 16.7. The summed E-state index contributed by atoms with van der Waals surface area (Å²) in [5.41, 5.74) is 4.16. The summed E-state index contributed by atoms with van der Waals surface area (Å²) in [6, 6.07) is 20.2. The quantitative estimate of drug-likeness (QED) is 0.181. The summed E-state index contributed by atoms with van der Waals surface area (Å²) in [6.07, 6.45) is -9.82. The van der Waals surface area contributed by atoms with Crippen LogP contribution in [-0.2, 0) is 20.8 Å². The van der Waals surface area contributed by atoms with Gasteiger partial charge in [0.2, 0.25) is 6.29 Å². The molecule has 0 unspecified atom stereocenters. The molecule has 5 aromatic rings. The Morgan fingerprint density at radius 2 is 1.73 bits per heavy atom. The second kappa shape index (κ2) is 12.4. The highest BCUT2D eigenvalue weighted by Crippen LogP contribution is 2.32. The molecule has 6 rings (SSSR count). The molecule has 0 amide bonds. The number of aliphatic hydroxyl groups excluding tert-OH is 3. The van der Waals surface area contributed by atoms with E-state index < -0.39 is 42.6 Å². The molecule has 0 aliphatic carbocycles. The van der Waals surface area contributed by atoms with Crippen LogP contribution in [0.5, 0.6) is 6.01 Å². The smallest absolute Gasteiger partial charge is 0.342 e. The molecule has 15 nitrogen and oxygen atoms in total. The molecule has 0 radical (unpaired) electrons. The summed E-state index contributed by atoms with van der Waals surface area (Å²) in [4.78, 5) is 29.3. The molecule has 1 aliphatic rings. The summed E-state index contributed by atoms with van der Waals surface area (Å²) in [5, 5.41) is 56.9. The predicted octanol–water partition coefficient (Wildman–Crippen LogP) is -0.326. The van der Waals surface area contributed by atoms with Crippen molar-refractivity contribution in [3.63, 3.8) is 0 Å². The molecule has 1 saturated heterocycles. The number of nitrogens with zero attached hydrogens (tertiary/aromatic N) is 6. The molecule has 45 heavy (non-hydrogen) atoms. The van der Waals surface area contributed by atoms with Gasteiger partial charge in [-0.15, -0.1) is 0 Å². The third-order valence-corrected chi connectivity index (χ3v) is 7.34. The summed E-state index contributed by atoms with van der Waals surface area (Å²) in [6.45, 7) is 2.32. The van der Waals surface area contributed by atoms with Crippen molar-refractivity contribution < 1.29 is 44.2 Å². The van der Waals surface area contributed by atoms with Crippen LogP contribution in [0.2, 0.25) is 0 Å². The number of hydrogen-bond acceptors (Lipinski definition) is 13. The average molecular weight is 615 g/mol. The van der Waals surface area contributed by atoms with Crippen LogP contribution < -0.4 is 14.9 Å². The summed E-state index contributed by atoms with van der Waals surface area (Å²) < 4.78 is 17.9. The van der Waals surface area contributed by atoms with Crippen LogP contribution in [-0.4, -0.2) is 89.6 Å². The van der Waals surface area contributed by atoms with Gasteiger partial charge >= 0.3 is 5.97 Å². The van der Waals surface area contributed by atoms with E-state index in [-0.39, 0.29) is 18.1 Å². The van der Waals surface area contributed by atoms with E-state index in [9.17, 15) is 30.0 Å². The maximum absolute atomic E-state index is 13.4. The van der Waals surface area contributed by atoms with Crippen molar-refractivity contribution in [3.8, 4) is 28.5 Å². The zero-order chi connectivity index (χ0) is 31.7. The molecule has 15 heteroatoms. The zero-order valence-corrected chi connectivity index (χ0v) is 23.6. The van der Waals surface area contributed by atoms with Crippen LogP contribution in [0.25, 0.3) is 33.5 Å². The van der Waals surface area contributed by atoms with Gasteiger partial charge in [0.05, 0.1) is 35.7 Å². The lowest BCUT2D eigenvalue weighted by atomic mass is 9.98. The number of rotatable bonds is 9. The number of carboxylic acids is 1. The van der Waals surface area contributed by atoms with E-state index in [0.29, 0.717) is 23.5 Å². The second-order valence-electron chi connectivity index (χ2n) is 10.2. The topological polar surface area (TPSA) is 216 Å². The summed E-state index contributed by atoms with van der Waals surface area (Å²) >= 11 is 0. The van der Waals surface area contributed by atoms with Crippen molar-refractivity contribution in [2.24, 2.45) is 0 Å².